The zero-order valence-corrected chi connectivity index (χ0v) is 12.0. The Labute approximate surface area is 117 Å². The van der Waals surface area contributed by atoms with Gasteiger partial charge in [0.25, 0.3) is 0 Å². The van der Waals surface area contributed by atoms with Crippen LogP contribution in [-0.4, -0.2) is 38.6 Å². The van der Waals surface area contributed by atoms with E-state index in [1.807, 2.05) is 0 Å². The lowest BCUT2D eigenvalue weighted by Gasteiger charge is -2.16. The lowest BCUT2D eigenvalue weighted by molar-refractivity contribution is -0.128. The number of nitrogens with one attached hydrogen (secondary N) is 1. The monoisotopic (exact) mass is 300 g/mol. The largest absolute Gasteiger partial charge is 0.338 e. The van der Waals surface area contributed by atoms with Crippen molar-refractivity contribution in [3.05, 3.63) is 35.6 Å². The van der Waals surface area contributed by atoms with Gasteiger partial charge in [0.15, 0.2) is 0 Å². The van der Waals surface area contributed by atoms with Crippen LogP contribution in [0.25, 0.3) is 0 Å². The second-order valence-electron chi connectivity index (χ2n) is 5.09. The fourth-order valence-electron chi connectivity index (χ4n) is 2.22. The summed E-state index contributed by atoms with van der Waals surface area (Å²) >= 11 is 0. The summed E-state index contributed by atoms with van der Waals surface area (Å²) in [4.78, 5) is 13.5. The summed E-state index contributed by atoms with van der Waals surface area (Å²) in [6.07, 6.45) is 1.43. The molecule has 20 heavy (non-hydrogen) atoms. The smallest absolute Gasteiger partial charge is 0.223 e. The highest BCUT2D eigenvalue weighted by Crippen LogP contribution is 2.19. The lowest BCUT2D eigenvalue weighted by atomic mass is 10.1. The SMILES string of the molecule is CS(=O)(=O)NCC1CC(=O)N(Cc2ccc(F)cc2)C1. The van der Waals surface area contributed by atoms with E-state index in [0.29, 0.717) is 19.5 Å². The van der Waals surface area contributed by atoms with Gasteiger partial charge in [0.1, 0.15) is 5.82 Å². The molecule has 7 heteroatoms. The van der Waals surface area contributed by atoms with Crippen LogP contribution in [-0.2, 0) is 21.4 Å². The maximum Gasteiger partial charge on any atom is 0.223 e. The molecule has 2 rings (SSSR count). The molecule has 0 spiro atoms. The Balaban J connectivity index is 1.91. The maximum atomic E-state index is 12.8. The number of carbonyl (C=O) groups excluding carboxylic acids is 1. The van der Waals surface area contributed by atoms with Crippen molar-refractivity contribution in [1.82, 2.24) is 9.62 Å². The Kier molecular flexibility index (Phi) is 4.39. The van der Waals surface area contributed by atoms with E-state index >= 15 is 0 Å². The Morgan fingerprint density at radius 1 is 1.35 bits per heavy atom. The number of benzene rings is 1. The van der Waals surface area contributed by atoms with Crippen LogP contribution < -0.4 is 4.72 Å². The van der Waals surface area contributed by atoms with Gasteiger partial charge in [0.05, 0.1) is 6.26 Å². The van der Waals surface area contributed by atoms with Gasteiger partial charge in [-0.2, -0.15) is 0 Å². The van der Waals surface area contributed by atoms with E-state index in [4.69, 9.17) is 0 Å². The molecular weight excluding hydrogens is 283 g/mol. The third-order valence-corrected chi connectivity index (χ3v) is 3.91. The highest BCUT2D eigenvalue weighted by Gasteiger charge is 2.29. The van der Waals surface area contributed by atoms with Crippen molar-refractivity contribution in [2.24, 2.45) is 5.92 Å². The maximum absolute atomic E-state index is 12.8. The first kappa shape index (κ1) is 14.9. The molecular formula is C13H17FN2O3S. The molecule has 5 nitrogen and oxygen atoms in total. The number of sulfonamides is 1. The van der Waals surface area contributed by atoms with E-state index in [2.05, 4.69) is 4.72 Å². The summed E-state index contributed by atoms with van der Waals surface area (Å²) < 4.78 is 37.3. The fourth-order valence-corrected chi connectivity index (χ4v) is 2.76. The van der Waals surface area contributed by atoms with Gasteiger partial charge in [0.2, 0.25) is 15.9 Å². The number of nitrogens with zero attached hydrogens (tertiary/aromatic N) is 1. The standard InChI is InChI=1S/C13H17FN2O3S/c1-20(18,19)15-7-11-6-13(17)16(9-11)8-10-2-4-12(14)5-3-10/h2-5,11,15H,6-9H2,1H3. The second-order valence-corrected chi connectivity index (χ2v) is 6.92. The average molecular weight is 300 g/mol. The third-order valence-electron chi connectivity index (χ3n) is 3.22. The van der Waals surface area contributed by atoms with Crippen molar-refractivity contribution in [3.63, 3.8) is 0 Å². The van der Waals surface area contributed by atoms with Crippen LogP contribution in [0.15, 0.2) is 24.3 Å². The van der Waals surface area contributed by atoms with Crippen molar-refractivity contribution in [1.29, 1.82) is 0 Å². The summed E-state index contributed by atoms with van der Waals surface area (Å²) in [5, 5.41) is 0. The first-order valence-electron chi connectivity index (χ1n) is 6.30. The minimum Gasteiger partial charge on any atom is -0.338 e. The Hall–Kier alpha value is -1.47. The molecule has 1 amide bonds. The van der Waals surface area contributed by atoms with E-state index in [-0.39, 0.29) is 24.2 Å². The predicted octanol–water partition coefficient (Wildman–Crippen LogP) is 0.723. The van der Waals surface area contributed by atoms with E-state index in [1.54, 1.807) is 17.0 Å². The quantitative estimate of drug-likeness (QED) is 0.871. The van der Waals surface area contributed by atoms with E-state index in [1.165, 1.54) is 12.1 Å². The minimum absolute atomic E-state index is 0.00498. The molecule has 1 fully saturated rings. The summed E-state index contributed by atoms with van der Waals surface area (Å²) in [7, 11) is -3.23. The van der Waals surface area contributed by atoms with Crippen molar-refractivity contribution in [2.75, 3.05) is 19.3 Å². The molecule has 1 saturated heterocycles. The summed E-state index contributed by atoms with van der Waals surface area (Å²) in [5.74, 6) is -0.330. The second kappa shape index (κ2) is 5.88. The molecule has 1 heterocycles. The molecule has 0 bridgehead atoms. The molecule has 1 aliphatic heterocycles. The molecule has 1 N–H and O–H groups in total. The molecule has 1 atom stereocenters. The molecule has 1 aliphatic rings. The van der Waals surface area contributed by atoms with Crippen LogP contribution in [0, 0.1) is 11.7 Å². The normalized spacial score (nSPS) is 19.6. The summed E-state index contributed by atoms with van der Waals surface area (Å²) in [5.41, 5.74) is 0.858. The zero-order chi connectivity index (χ0) is 14.8. The van der Waals surface area contributed by atoms with Gasteiger partial charge in [-0.15, -0.1) is 0 Å². The van der Waals surface area contributed by atoms with Crippen LogP contribution >= 0.6 is 0 Å². The fraction of sp³-hybridized carbons (Fsp3) is 0.462. The minimum atomic E-state index is -3.23. The first-order valence-corrected chi connectivity index (χ1v) is 8.19. The predicted molar refractivity (Wildman–Crippen MR) is 72.8 cm³/mol. The number of rotatable bonds is 5. The average Bonchev–Trinajstić information content (AvgIpc) is 2.70. The zero-order valence-electron chi connectivity index (χ0n) is 11.2. The van der Waals surface area contributed by atoms with Crippen LogP contribution in [0.4, 0.5) is 4.39 Å². The molecule has 1 aromatic rings. The van der Waals surface area contributed by atoms with Gasteiger partial charge in [-0.3, -0.25) is 4.79 Å². The van der Waals surface area contributed by atoms with Crippen LogP contribution in [0.5, 0.6) is 0 Å². The van der Waals surface area contributed by atoms with E-state index in [9.17, 15) is 17.6 Å². The number of likely N-dealkylation sites (tertiary alicyclic amines) is 1. The van der Waals surface area contributed by atoms with Gasteiger partial charge >= 0.3 is 0 Å². The number of halogens is 1. The number of carbonyl (C=O) groups is 1. The van der Waals surface area contributed by atoms with E-state index < -0.39 is 10.0 Å². The number of amides is 1. The summed E-state index contributed by atoms with van der Waals surface area (Å²) in [6.45, 7) is 1.21. The van der Waals surface area contributed by atoms with Gasteiger partial charge in [-0.1, -0.05) is 12.1 Å². The Morgan fingerprint density at radius 2 is 2.00 bits per heavy atom. The van der Waals surface area contributed by atoms with Crippen LogP contribution in [0.2, 0.25) is 0 Å². The lowest BCUT2D eigenvalue weighted by Crippen LogP contribution is -2.30. The van der Waals surface area contributed by atoms with Crippen molar-refractivity contribution in [2.45, 2.75) is 13.0 Å². The van der Waals surface area contributed by atoms with Crippen molar-refractivity contribution >= 4 is 15.9 Å². The molecule has 0 aromatic heterocycles. The molecule has 0 aliphatic carbocycles. The van der Waals surface area contributed by atoms with E-state index in [0.717, 1.165) is 11.8 Å². The Morgan fingerprint density at radius 3 is 2.60 bits per heavy atom. The van der Waals surface area contributed by atoms with Crippen molar-refractivity contribution < 1.29 is 17.6 Å². The molecule has 1 unspecified atom stereocenters. The molecule has 0 radical (unpaired) electrons. The highest BCUT2D eigenvalue weighted by atomic mass is 32.2. The van der Waals surface area contributed by atoms with Crippen molar-refractivity contribution in [3.8, 4) is 0 Å². The highest BCUT2D eigenvalue weighted by molar-refractivity contribution is 7.88. The van der Waals surface area contributed by atoms with Crippen LogP contribution in [0.3, 0.4) is 0 Å². The Bertz CT molecular complexity index is 586. The van der Waals surface area contributed by atoms with Gasteiger partial charge in [-0.05, 0) is 23.6 Å². The number of hydrogen-bond acceptors (Lipinski definition) is 3. The van der Waals surface area contributed by atoms with Gasteiger partial charge in [0, 0.05) is 26.1 Å². The van der Waals surface area contributed by atoms with Gasteiger partial charge < -0.3 is 4.90 Å². The first-order chi connectivity index (χ1) is 9.33. The third kappa shape index (κ3) is 4.28. The molecule has 110 valence electrons. The van der Waals surface area contributed by atoms with Crippen LogP contribution in [0.1, 0.15) is 12.0 Å². The molecule has 1 aromatic carbocycles. The topological polar surface area (TPSA) is 66.5 Å². The summed E-state index contributed by atoms with van der Waals surface area (Å²) in [6, 6.07) is 6.01. The molecule has 0 saturated carbocycles. The van der Waals surface area contributed by atoms with Gasteiger partial charge in [-0.25, -0.2) is 17.5 Å². The number of hydrogen-bond donors (Lipinski definition) is 1.